The summed E-state index contributed by atoms with van der Waals surface area (Å²) in [7, 11) is 0. The van der Waals surface area contributed by atoms with Crippen molar-refractivity contribution in [2.75, 3.05) is 6.61 Å². The first-order chi connectivity index (χ1) is 16.4. The summed E-state index contributed by atoms with van der Waals surface area (Å²) in [4.78, 5) is 40.0. The molecule has 3 N–H and O–H groups in total. The second-order valence-corrected chi connectivity index (χ2v) is 8.34. The number of benzene rings is 2. The molecule has 0 fully saturated rings. The number of alkyl carbamates (subject to hydrolysis) is 1. The van der Waals surface area contributed by atoms with E-state index in [0.717, 1.165) is 28.6 Å². The van der Waals surface area contributed by atoms with Crippen LogP contribution in [0, 0.1) is 5.92 Å². The van der Waals surface area contributed by atoms with E-state index < -0.39 is 24.0 Å². The average Bonchev–Trinajstić information content (AvgIpc) is 3.42. The first-order valence-electron chi connectivity index (χ1n) is 10.9. The molecule has 1 aromatic heterocycles. The molecule has 0 aliphatic heterocycles. The van der Waals surface area contributed by atoms with E-state index >= 15 is 0 Å². The van der Waals surface area contributed by atoms with E-state index in [1.165, 1.54) is 0 Å². The Bertz CT molecular complexity index is 1170. The summed E-state index contributed by atoms with van der Waals surface area (Å²) in [6, 6.07) is 15.2. The van der Waals surface area contributed by atoms with Gasteiger partial charge in [-0.25, -0.2) is 14.6 Å². The number of amides is 2. The van der Waals surface area contributed by atoms with Crippen LogP contribution in [0.5, 0.6) is 0 Å². The highest BCUT2D eigenvalue weighted by molar-refractivity contribution is 5.88. The number of hydrogen-bond donors (Lipinski definition) is 3. The predicted molar refractivity (Wildman–Crippen MR) is 122 cm³/mol. The predicted octanol–water partition coefficient (Wildman–Crippen LogP) is 3.55. The van der Waals surface area contributed by atoms with Crippen LogP contribution in [0.2, 0.25) is 0 Å². The molecule has 1 atom stereocenters. The lowest BCUT2D eigenvalue weighted by atomic mass is 9.98. The van der Waals surface area contributed by atoms with Crippen LogP contribution in [0.25, 0.3) is 11.1 Å². The largest absolute Gasteiger partial charge is 0.476 e. The minimum Gasteiger partial charge on any atom is -0.476 e. The van der Waals surface area contributed by atoms with Crippen molar-refractivity contribution in [3.05, 3.63) is 77.5 Å². The van der Waals surface area contributed by atoms with Gasteiger partial charge in [-0.2, -0.15) is 0 Å². The average molecular weight is 463 g/mol. The number of hydrogen-bond acceptors (Lipinski definition) is 6. The second-order valence-electron chi connectivity index (χ2n) is 8.34. The molecule has 34 heavy (non-hydrogen) atoms. The van der Waals surface area contributed by atoms with Crippen LogP contribution in [0.15, 0.2) is 59.3 Å². The summed E-state index contributed by atoms with van der Waals surface area (Å²) in [6.45, 7) is 3.53. The molecule has 1 aliphatic carbocycles. The molecule has 0 radical (unpaired) electrons. The van der Waals surface area contributed by atoms with Crippen LogP contribution >= 0.6 is 0 Å². The number of fused-ring (bicyclic) bond motifs is 3. The Balaban J connectivity index is 1.38. The number of carbonyl (C=O) groups excluding carboxylic acids is 2. The van der Waals surface area contributed by atoms with E-state index in [4.69, 9.17) is 14.3 Å². The fourth-order valence-corrected chi connectivity index (χ4v) is 4.15. The van der Waals surface area contributed by atoms with Crippen molar-refractivity contribution in [1.29, 1.82) is 0 Å². The summed E-state index contributed by atoms with van der Waals surface area (Å²) in [5.74, 6) is -2.06. The highest BCUT2D eigenvalue weighted by Crippen LogP contribution is 2.44. The number of rotatable bonds is 8. The molecule has 2 amide bonds. The van der Waals surface area contributed by atoms with E-state index in [0.29, 0.717) is 0 Å². The van der Waals surface area contributed by atoms with Gasteiger partial charge < -0.3 is 24.9 Å². The minimum atomic E-state index is -1.25. The summed E-state index contributed by atoms with van der Waals surface area (Å²) >= 11 is 0. The highest BCUT2D eigenvalue weighted by Gasteiger charge is 2.30. The third-order valence-corrected chi connectivity index (χ3v) is 5.83. The number of carboxylic acid groups (broad SMARTS) is 1. The summed E-state index contributed by atoms with van der Waals surface area (Å²) < 4.78 is 10.6. The van der Waals surface area contributed by atoms with Crippen LogP contribution in [0.1, 0.15) is 47.1 Å². The third-order valence-electron chi connectivity index (χ3n) is 5.83. The number of ether oxygens (including phenoxy) is 1. The third kappa shape index (κ3) is 4.63. The smallest absolute Gasteiger partial charge is 0.407 e. The normalized spacial score (nSPS) is 13.1. The van der Waals surface area contributed by atoms with Crippen molar-refractivity contribution in [3.8, 4) is 11.1 Å². The lowest BCUT2D eigenvalue weighted by molar-refractivity contribution is -0.124. The zero-order chi connectivity index (χ0) is 24.2. The van der Waals surface area contributed by atoms with Crippen molar-refractivity contribution in [2.45, 2.75) is 32.4 Å². The fourth-order valence-electron chi connectivity index (χ4n) is 4.15. The van der Waals surface area contributed by atoms with Crippen molar-refractivity contribution < 1.29 is 28.6 Å². The fraction of sp³-hybridized carbons (Fsp3) is 0.280. The molecule has 1 aliphatic rings. The SMILES string of the molecule is CC(C)C(NC(=O)OCC1c2ccccc2-c2ccccc21)C(=O)NCc1ocnc1C(=O)O. The van der Waals surface area contributed by atoms with Crippen molar-refractivity contribution >= 4 is 18.0 Å². The standard InChI is InChI=1S/C25H25N3O6/c1-14(2)21(23(29)26-11-20-22(24(30)31)27-13-34-20)28-25(32)33-12-19-17-9-5-3-7-15(17)16-8-4-6-10-18(16)19/h3-10,13-14,19,21H,11-12H2,1-2H3,(H,26,29)(H,28,32)(H,30,31). The number of nitrogens with zero attached hydrogens (tertiary/aromatic N) is 1. The Morgan fingerprint density at radius 1 is 1.06 bits per heavy atom. The van der Waals surface area contributed by atoms with Gasteiger partial charge in [-0.05, 0) is 28.2 Å². The summed E-state index contributed by atoms with van der Waals surface area (Å²) in [5.41, 5.74) is 4.16. The topological polar surface area (TPSA) is 131 Å². The molecule has 176 valence electrons. The number of aromatic carboxylic acids is 1. The van der Waals surface area contributed by atoms with Gasteiger partial charge in [-0.3, -0.25) is 4.79 Å². The molecular formula is C25H25N3O6. The highest BCUT2D eigenvalue weighted by atomic mass is 16.5. The van der Waals surface area contributed by atoms with Crippen LogP contribution in [-0.4, -0.2) is 40.7 Å². The Morgan fingerprint density at radius 2 is 1.68 bits per heavy atom. The minimum absolute atomic E-state index is 0.0181. The van der Waals surface area contributed by atoms with Crippen molar-refractivity contribution in [3.63, 3.8) is 0 Å². The van der Waals surface area contributed by atoms with Gasteiger partial charge in [-0.15, -0.1) is 0 Å². The second kappa shape index (κ2) is 9.78. The molecule has 0 spiro atoms. The van der Waals surface area contributed by atoms with E-state index in [1.807, 2.05) is 36.4 Å². The van der Waals surface area contributed by atoms with Crippen molar-refractivity contribution in [1.82, 2.24) is 15.6 Å². The van der Waals surface area contributed by atoms with E-state index in [1.54, 1.807) is 13.8 Å². The van der Waals surface area contributed by atoms with Crippen LogP contribution in [0.4, 0.5) is 4.79 Å². The lowest BCUT2D eigenvalue weighted by Crippen LogP contribution is -2.49. The first-order valence-corrected chi connectivity index (χ1v) is 10.9. The Labute approximate surface area is 196 Å². The number of carboxylic acids is 1. The molecule has 9 nitrogen and oxygen atoms in total. The van der Waals surface area contributed by atoms with E-state index in [9.17, 15) is 14.4 Å². The maximum absolute atomic E-state index is 12.7. The number of carbonyl (C=O) groups is 3. The van der Waals surface area contributed by atoms with Gasteiger partial charge in [0.1, 0.15) is 12.6 Å². The molecule has 1 heterocycles. The first kappa shape index (κ1) is 23.0. The number of oxazole rings is 1. The van der Waals surface area contributed by atoms with Crippen LogP contribution in [0.3, 0.4) is 0 Å². The van der Waals surface area contributed by atoms with E-state index in [2.05, 4.69) is 27.8 Å². The Kier molecular flexibility index (Phi) is 6.62. The molecule has 2 aromatic carbocycles. The van der Waals surface area contributed by atoms with Gasteiger partial charge in [0.05, 0.1) is 6.54 Å². The van der Waals surface area contributed by atoms with Gasteiger partial charge in [0.15, 0.2) is 17.8 Å². The van der Waals surface area contributed by atoms with E-state index in [-0.39, 0.29) is 36.4 Å². The molecule has 0 bridgehead atoms. The maximum Gasteiger partial charge on any atom is 0.407 e. The molecule has 3 aromatic rings. The van der Waals surface area contributed by atoms with Crippen molar-refractivity contribution in [2.24, 2.45) is 5.92 Å². The number of aromatic nitrogens is 1. The summed E-state index contributed by atoms with van der Waals surface area (Å²) in [6.07, 6.45) is 0.293. The van der Waals surface area contributed by atoms with Crippen LogP contribution < -0.4 is 10.6 Å². The van der Waals surface area contributed by atoms with Gasteiger partial charge in [0.2, 0.25) is 5.91 Å². The Hall–Kier alpha value is -4.14. The quantitative estimate of drug-likeness (QED) is 0.466. The molecular weight excluding hydrogens is 438 g/mol. The molecule has 4 rings (SSSR count). The Morgan fingerprint density at radius 3 is 2.26 bits per heavy atom. The van der Waals surface area contributed by atoms with Crippen LogP contribution in [-0.2, 0) is 16.1 Å². The summed E-state index contributed by atoms with van der Waals surface area (Å²) in [5, 5.41) is 14.3. The lowest BCUT2D eigenvalue weighted by Gasteiger charge is -2.22. The monoisotopic (exact) mass is 463 g/mol. The number of nitrogens with one attached hydrogen (secondary N) is 2. The molecule has 0 saturated heterocycles. The van der Waals surface area contributed by atoms with Gasteiger partial charge >= 0.3 is 12.1 Å². The van der Waals surface area contributed by atoms with Gasteiger partial charge in [0.25, 0.3) is 0 Å². The van der Waals surface area contributed by atoms with Gasteiger partial charge in [-0.1, -0.05) is 62.4 Å². The molecule has 0 saturated carbocycles. The zero-order valence-electron chi connectivity index (χ0n) is 18.8. The molecule has 1 unspecified atom stereocenters. The zero-order valence-corrected chi connectivity index (χ0v) is 18.8. The molecule has 9 heteroatoms. The van der Waals surface area contributed by atoms with Gasteiger partial charge in [0, 0.05) is 5.92 Å². The maximum atomic E-state index is 12.7.